The van der Waals surface area contributed by atoms with Crippen LogP contribution in [0.1, 0.15) is 37.3 Å². The van der Waals surface area contributed by atoms with E-state index in [1.807, 2.05) is 38.1 Å². The standard InChI is InChI=1S/C16H18O3/c1-10(2)7-14(18)13-8-11-5-3-4-6-12(11)16(13)15(19)9-17/h3-6,9-10,13,16H,7-8H2,1-2H3. The van der Waals surface area contributed by atoms with Gasteiger partial charge >= 0.3 is 0 Å². The van der Waals surface area contributed by atoms with Crippen LogP contribution in [0.25, 0.3) is 0 Å². The van der Waals surface area contributed by atoms with E-state index in [9.17, 15) is 14.4 Å². The number of carbonyl (C=O) groups is 3. The Morgan fingerprint density at radius 1 is 1.32 bits per heavy atom. The van der Waals surface area contributed by atoms with Crippen LogP contribution in [0.2, 0.25) is 0 Å². The van der Waals surface area contributed by atoms with Crippen molar-refractivity contribution in [1.82, 2.24) is 0 Å². The summed E-state index contributed by atoms with van der Waals surface area (Å²) in [7, 11) is 0. The van der Waals surface area contributed by atoms with Gasteiger partial charge < -0.3 is 0 Å². The number of fused-ring (bicyclic) bond motifs is 1. The highest BCUT2D eigenvalue weighted by Gasteiger charge is 2.40. The lowest BCUT2D eigenvalue weighted by Gasteiger charge is -2.17. The average Bonchev–Trinajstić information content (AvgIpc) is 2.76. The van der Waals surface area contributed by atoms with Gasteiger partial charge in [0.15, 0.2) is 6.29 Å². The van der Waals surface area contributed by atoms with E-state index in [4.69, 9.17) is 0 Å². The highest BCUT2D eigenvalue weighted by Crippen LogP contribution is 2.39. The second-order valence-corrected chi connectivity index (χ2v) is 5.57. The number of benzene rings is 1. The molecule has 0 saturated heterocycles. The largest absolute Gasteiger partial charge is 0.299 e. The van der Waals surface area contributed by atoms with Crippen LogP contribution in [0.15, 0.2) is 24.3 Å². The Morgan fingerprint density at radius 3 is 2.63 bits per heavy atom. The highest BCUT2D eigenvalue weighted by molar-refractivity contribution is 6.28. The topological polar surface area (TPSA) is 51.2 Å². The molecule has 0 spiro atoms. The zero-order chi connectivity index (χ0) is 14.0. The second-order valence-electron chi connectivity index (χ2n) is 5.57. The summed E-state index contributed by atoms with van der Waals surface area (Å²) in [6.07, 6.45) is 1.38. The van der Waals surface area contributed by atoms with Crippen molar-refractivity contribution in [2.75, 3.05) is 0 Å². The Balaban J connectivity index is 2.33. The first-order chi connectivity index (χ1) is 9.04. The van der Waals surface area contributed by atoms with Crippen LogP contribution < -0.4 is 0 Å². The molecule has 1 aromatic rings. The van der Waals surface area contributed by atoms with Gasteiger partial charge in [-0.1, -0.05) is 38.1 Å². The lowest BCUT2D eigenvalue weighted by atomic mass is 9.83. The molecule has 0 aliphatic heterocycles. The van der Waals surface area contributed by atoms with Gasteiger partial charge in [0.2, 0.25) is 5.78 Å². The summed E-state index contributed by atoms with van der Waals surface area (Å²) in [4.78, 5) is 35.0. The third kappa shape index (κ3) is 2.65. The Hall–Kier alpha value is -1.77. The van der Waals surface area contributed by atoms with Crippen LogP contribution in [-0.2, 0) is 20.8 Å². The third-order valence-corrected chi connectivity index (χ3v) is 3.68. The van der Waals surface area contributed by atoms with Crippen LogP contribution in [0.4, 0.5) is 0 Å². The van der Waals surface area contributed by atoms with Gasteiger partial charge in [0.25, 0.3) is 0 Å². The van der Waals surface area contributed by atoms with Gasteiger partial charge in [0.05, 0.1) is 5.92 Å². The summed E-state index contributed by atoms with van der Waals surface area (Å²) in [6.45, 7) is 3.97. The molecule has 0 radical (unpaired) electrons. The third-order valence-electron chi connectivity index (χ3n) is 3.68. The maximum atomic E-state index is 12.3. The zero-order valence-electron chi connectivity index (χ0n) is 11.3. The first-order valence-corrected chi connectivity index (χ1v) is 6.64. The van der Waals surface area contributed by atoms with Crippen molar-refractivity contribution >= 4 is 17.9 Å². The first-order valence-electron chi connectivity index (χ1n) is 6.64. The summed E-state index contributed by atoms with van der Waals surface area (Å²) in [6, 6.07) is 7.53. The van der Waals surface area contributed by atoms with E-state index < -0.39 is 11.7 Å². The Labute approximate surface area is 113 Å². The molecule has 2 rings (SSSR count). The van der Waals surface area contributed by atoms with Gasteiger partial charge in [0.1, 0.15) is 5.78 Å². The Morgan fingerprint density at radius 2 is 2.00 bits per heavy atom. The summed E-state index contributed by atoms with van der Waals surface area (Å²) >= 11 is 0. The van der Waals surface area contributed by atoms with Gasteiger partial charge in [0, 0.05) is 12.3 Å². The number of carbonyl (C=O) groups excluding carboxylic acids is 3. The highest BCUT2D eigenvalue weighted by atomic mass is 16.2. The molecule has 3 nitrogen and oxygen atoms in total. The van der Waals surface area contributed by atoms with Gasteiger partial charge in [-0.25, -0.2) is 0 Å². The lowest BCUT2D eigenvalue weighted by molar-refractivity contribution is -0.134. The number of ketones is 2. The molecule has 0 fully saturated rings. The van der Waals surface area contributed by atoms with Crippen molar-refractivity contribution in [3.8, 4) is 0 Å². The van der Waals surface area contributed by atoms with Crippen molar-refractivity contribution in [3.63, 3.8) is 0 Å². The maximum absolute atomic E-state index is 12.3. The van der Waals surface area contributed by atoms with E-state index >= 15 is 0 Å². The predicted octanol–water partition coefficient (Wildman–Crippen LogP) is 2.33. The number of hydrogen-bond acceptors (Lipinski definition) is 3. The summed E-state index contributed by atoms with van der Waals surface area (Å²) in [5, 5.41) is 0. The summed E-state index contributed by atoms with van der Waals surface area (Å²) < 4.78 is 0. The van der Waals surface area contributed by atoms with Crippen molar-refractivity contribution in [3.05, 3.63) is 35.4 Å². The summed E-state index contributed by atoms with van der Waals surface area (Å²) in [5.41, 5.74) is 1.87. The minimum absolute atomic E-state index is 0.0893. The molecule has 1 aliphatic rings. The van der Waals surface area contributed by atoms with Crippen LogP contribution in [-0.4, -0.2) is 17.9 Å². The molecule has 0 aromatic heterocycles. The zero-order valence-corrected chi connectivity index (χ0v) is 11.3. The average molecular weight is 258 g/mol. The van der Waals surface area contributed by atoms with E-state index in [0.29, 0.717) is 19.1 Å². The van der Waals surface area contributed by atoms with Crippen LogP contribution in [0, 0.1) is 11.8 Å². The van der Waals surface area contributed by atoms with Gasteiger partial charge in [-0.15, -0.1) is 0 Å². The van der Waals surface area contributed by atoms with Crippen molar-refractivity contribution < 1.29 is 14.4 Å². The van der Waals surface area contributed by atoms with E-state index in [1.54, 1.807) is 0 Å². The fourth-order valence-corrected chi connectivity index (χ4v) is 2.87. The van der Waals surface area contributed by atoms with E-state index in [0.717, 1.165) is 11.1 Å². The van der Waals surface area contributed by atoms with Gasteiger partial charge in [-0.3, -0.25) is 14.4 Å². The quantitative estimate of drug-likeness (QED) is 0.601. The molecular formula is C16H18O3. The fourth-order valence-electron chi connectivity index (χ4n) is 2.87. The van der Waals surface area contributed by atoms with Gasteiger partial charge in [-0.05, 0) is 23.5 Å². The predicted molar refractivity (Wildman–Crippen MR) is 71.9 cm³/mol. The smallest absolute Gasteiger partial charge is 0.203 e. The van der Waals surface area contributed by atoms with Crippen LogP contribution in [0.3, 0.4) is 0 Å². The monoisotopic (exact) mass is 258 g/mol. The minimum Gasteiger partial charge on any atom is -0.299 e. The van der Waals surface area contributed by atoms with Crippen LogP contribution >= 0.6 is 0 Å². The lowest BCUT2D eigenvalue weighted by Crippen LogP contribution is -2.26. The number of hydrogen-bond donors (Lipinski definition) is 0. The molecule has 0 heterocycles. The molecular weight excluding hydrogens is 240 g/mol. The molecule has 0 N–H and O–H groups in total. The first kappa shape index (κ1) is 13.7. The molecule has 1 aliphatic carbocycles. The van der Waals surface area contributed by atoms with Crippen molar-refractivity contribution in [1.29, 1.82) is 0 Å². The molecule has 0 amide bonds. The molecule has 3 heteroatoms. The second kappa shape index (κ2) is 5.47. The number of Topliss-reactive ketones (excluding diaryl/α,β-unsaturated/α-hetero) is 2. The SMILES string of the molecule is CC(C)CC(=O)C1Cc2ccccc2C1C(=O)C=O. The molecule has 0 bridgehead atoms. The molecule has 2 unspecified atom stereocenters. The van der Waals surface area contributed by atoms with E-state index in [-0.39, 0.29) is 17.6 Å². The Bertz CT molecular complexity index is 516. The van der Waals surface area contributed by atoms with Crippen molar-refractivity contribution in [2.24, 2.45) is 11.8 Å². The normalized spacial score (nSPS) is 21.2. The number of rotatable bonds is 5. The van der Waals surface area contributed by atoms with Gasteiger partial charge in [-0.2, -0.15) is 0 Å². The molecule has 0 saturated carbocycles. The molecule has 100 valence electrons. The molecule has 2 atom stereocenters. The minimum atomic E-state index is -0.569. The van der Waals surface area contributed by atoms with Crippen LogP contribution in [0.5, 0.6) is 0 Å². The van der Waals surface area contributed by atoms with E-state index in [2.05, 4.69) is 0 Å². The fraction of sp³-hybridized carbons (Fsp3) is 0.438. The Kier molecular flexibility index (Phi) is 3.93. The maximum Gasteiger partial charge on any atom is 0.203 e. The van der Waals surface area contributed by atoms with E-state index in [1.165, 1.54) is 0 Å². The number of aldehydes is 1. The van der Waals surface area contributed by atoms with Crippen molar-refractivity contribution in [2.45, 2.75) is 32.6 Å². The molecule has 1 aromatic carbocycles. The molecule has 19 heavy (non-hydrogen) atoms. The summed E-state index contributed by atoms with van der Waals surface area (Å²) in [5.74, 6) is -1.06.